The molecule has 2 aromatic heterocycles. The molecular formula is C32H29N7O4. The van der Waals surface area contributed by atoms with E-state index < -0.39 is 12.1 Å². The number of carbonyl (C=O) groups is 3. The second-order valence-corrected chi connectivity index (χ2v) is 11.3. The summed E-state index contributed by atoms with van der Waals surface area (Å²) in [6.07, 6.45) is 1.75. The smallest absolute Gasteiger partial charge is 0.432 e. The first-order chi connectivity index (χ1) is 20.6. The molecule has 3 amide bonds. The van der Waals surface area contributed by atoms with Crippen molar-refractivity contribution in [3.8, 4) is 27.9 Å². The van der Waals surface area contributed by atoms with Crippen LogP contribution in [-0.4, -0.2) is 42.7 Å². The summed E-state index contributed by atoms with van der Waals surface area (Å²) in [5.41, 5.74) is 6.72. The summed E-state index contributed by atoms with van der Waals surface area (Å²) in [5.74, 6) is 0.399. The second kappa shape index (κ2) is 10.6. The van der Waals surface area contributed by atoms with Crippen LogP contribution in [0.5, 0.6) is 0 Å². The van der Waals surface area contributed by atoms with Crippen LogP contribution >= 0.6 is 0 Å². The lowest BCUT2D eigenvalue weighted by molar-refractivity contribution is 0.0965. The third kappa shape index (κ3) is 5.47. The fourth-order valence-electron chi connectivity index (χ4n) is 4.96. The number of carboxylic acid groups (broad SMARTS) is 1. The van der Waals surface area contributed by atoms with E-state index in [-0.39, 0.29) is 11.3 Å². The summed E-state index contributed by atoms with van der Waals surface area (Å²) in [6, 6.07) is 21.9. The van der Waals surface area contributed by atoms with Gasteiger partial charge in [0.05, 0.1) is 17.6 Å². The van der Waals surface area contributed by atoms with Crippen LogP contribution in [-0.2, 0) is 12.0 Å². The van der Waals surface area contributed by atoms with Crippen molar-refractivity contribution >= 4 is 29.5 Å². The lowest BCUT2D eigenvalue weighted by atomic mass is 9.92. The molecule has 1 aliphatic heterocycles. The Morgan fingerprint density at radius 2 is 1.65 bits per heavy atom. The van der Waals surface area contributed by atoms with E-state index >= 15 is 0 Å². The Kier molecular flexibility index (Phi) is 6.77. The maximum Gasteiger partial charge on any atom is 0.432 e. The van der Waals surface area contributed by atoms with Gasteiger partial charge >= 0.3 is 12.1 Å². The highest BCUT2D eigenvalue weighted by Gasteiger charge is 2.23. The molecule has 216 valence electrons. The number of nitrogens with zero attached hydrogens (tertiary/aromatic N) is 4. The summed E-state index contributed by atoms with van der Waals surface area (Å²) in [5, 5.41) is 26.6. The first kappa shape index (κ1) is 27.5. The minimum atomic E-state index is -1.17. The number of nitrogens with one attached hydrogen (secondary N) is 3. The molecule has 3 heterocycles. The zero-order valence-corrected chi connectivity index (χ0v) is 23.8. The van der Waals surface area contributed by atoms with E-state index in [0.29, 0.717) is 34.9 Å². The molecule has 0 saturated heterocycles. The van der Waals surface area contributed by atoms with Gasteiger partial charge < -0.3 is 15.7 Å². The second-order valence-electron chi connectivity index (χ2n) is 11.3. The van der Waals surface area contributed by atoms with Crippen LogP contribution in [0.15, 0.2) is 85.2 Å². The van der Waals surface area contributed by atoms with E-state index in [4.69, 9.17) is 5.10 Å². The lowest BCUT2D eigenvalue weighted by Gasteiger charge is -2.14. The predicted molar refractivity (Wildman–Crippen MR) is 163 cm³/mol. The molecule has 0 fully saturated rings. The average Bonchev–Trinajstić information content (AvgIpc) is 3.73. The standard InChI is InChI=1S/C32H29N7O4/c1-32(2,3)27-15-28(39(37-27)23-7-4-6-20(14-23)21-16-34-38(18-21)31(42)43)36-30(41)35-22-12-10-19(11-13-22)24-8-5-9-25-26(24)17-33-29(25)40/h4-16,18H,17H2,1-3H3,(H,33,40)(H,42,43)(H2,35,36,41). The number of rotatable bonds is 5. The highest BCUT2D eigenvalue weighted by Crippen LogP contribution is 2.31. The van der Waals surface area contributed by atoms with Crippen LogP contribution in [0.4, 0.5) is 21.1 Å². The summed E-state index contributed by atoms with van der Waals surface area (Å²) < 4.78 is 2.50. The van der Waals surface area contributed by atoms with Crippen LogP contribution in [0, 0.1) is 0 Å². The van der Waals surface area contributed by atoms with Crippen LogP contribution in [0.3, 0.4) is 0 Å². The highest BCUT2D eigenvalue weighted by molar-refractivity contribution is 6.01. The van der Waals surface area contributed by atoms with Crippen molar-refractivity contribution in [3.05, 3.63) is 102 Å². The number of hydrogen-bond donors (Lipinski definition) is 4. The van der Waals surface area contributed by atoms with Gasteiger partial charge in [-0.05, 0) is 52.6 Å². The van der Waals surface area contributed by atoms with Crippen LogP contribution in [0.1, 0.15) is 42.4 Å². The Hall–Kier alpha value is -5.71. The molecule has 1 aliphatic rings. The maximum absolute atomic E-state index is 13.1. The molecule has 43 heavy (non-hydrogen) atoms. The van der Waals surface area contributed by atoms with Crippen molar-refractivity contribution in [1.82, 2.24) is 24.9 Å². The Morgan fingerprint density at radius 3 is 2.37 bits per heavy atom. The van der Waals surface area contributed by atoms with E-state index in [1.165, 1.54) is 12.4 Å². The first-order valence-electron chi connectivity index (χ1n) is 13.6. The minimum absolute atomic E-state index is 0.0679. The first-order valence-corrected chi connectivity index (χ1v) is 13.6. The molecule has 0 spiro atoms. The minimum Gasteiger partial charge on any atom is -0.463 e. The molecule has 5 aromatic rings. The van der Waals surface area contributed by atoms with Gasteiger partial charge in [0, 0.05) is 41.0 Å². The average molecular weight is 576 g/mol. The summed E-state index contributed by atoms with van der Waals surface area (Å²) in [7, 11) is 0. The Bertz CT molecular complexity index is 1880. The van der Waals surface area contributed by atoms with E-state index in [1.807, 2.05) is 93.6 Å². The van der Waals surface area contributed by atoms with Gasteiger partial charge in [-0.3, -0.25) is 10.1 Å². The molecular weight excluding hydrogens is 546 g/mol. The molecule has 0 aliphatic carbocycles. The number of hydrogen-bond acceptors (Lipinski definition) is 5. The SMILES string of the molecule is CC(C)(C)c1cc(NC(=O)Nc2ccc(-c3cccc4c3CNC4=O)cc2)n(-c2cccc(-c3cnn(C(=O)O)c3)c2)n1. The third-order valence-electron chi connectivity index (χ3n) is 7.22. The van der Waals surface area contributed by atoms with E-state index in [9.17, 15) is 19.5 Å². The number of fused-ring (bicyclic) bond motifs is 1. The Labute approximate surface area is 247 Å². The van der Waals surface area contributed by atoms with Gasteiger partial charge in [0.25, 0.3) is 5.91 Å². The Morgan fingerprint density at radius 1 is 0.907 bits per heavy atom. The van der Waals surface area contributed by atoms with Gasteiger partial charge in [-0.2, -0.15) is 14.9 Å². The van der Waals surface area contributed by atoms with Crippen molar-refractivity contribution < 1.29 is 19.5 Å². The molecule has 11 heteroatoms. The topological polar surface area (TPSA) is 143 Å². The van der Waals surface area contributed by atoms with Crippen molar-refractivity contribution in [2.75, 3.05) is 10.6 Å². The van der Waals surface area contributed by atoms with Crippen molar-refractivity contribution in [2.45, 2.75) is 32.7 Å². The van der Waals surface area contributed by atoms with E-state index in [1.54, 1.807) is 4.68 Å². The number of urea groups is 1. The summed E-state index contributed by atoms with van der Waals surface area (Å²) in [6.45, 7) is 6.60. The zero-order valence-electron chi connectivity index (χ0n) is 23.8. The summed E-state index contributed by atoms with van der Waals surface area (Å²) in [4.78, 5) is 36.5. The number of aromatic nitrogens is 4. The number of benzene rings is 3. The fourth-order valence-corrected chi connectivity index (χ4v) is 4.96. The number of amides is 3. The van der Waals surface area contributed by atoms with Gasteiger partial charge in [-0.25, -0.2) is 14.3 Å². The zero-order chi connectivity index (χ0) is 30.3. The predicted octanol–water partition coefficient (Wildman–Crippen LogP) is 6.11. The summed E-state index contributed by atoms with van der Waals surface area (Å²) >= 11 is 0. The van der Waals surface area contributed by atoms with Gasteiger partial charge in [0.15, 0.2) is 0 Å². The van der Waals surface area contributed by atoms with Crippen molar-refractivity contribution in [3.63, 3.8) is 0 Å². The van der Waals surface area contributed by atoms with E-state index in [0.717, 1.165) is 32.6 Å². The van der Waals surface area contributed by atoms with Crippen molar-refractivity contribution in [1.29, 1.82) is 0 Å². The van der Waals surface area contributed by atoms with Gasteiger partial charge in [-0.15, -0.1) is 0 Å². The van der Waals surface area contributed by atoms with E-state index in [2.05, 4.69) is 21.0 Å². The molecule has 0 atom stereocenters. The van der Waals surface area contributed by atoms with Gasteiger partial charge in [-0.1, -0.05) is 57.2 Å². The molecule has 6 rings (SSSR count). The molecule has 0 radical (unpaired) electrons. The molecule has 0 unspecified atom stereocenters. The van der Waals surface area contributed by atoms with Crippen molar-refractivity contribution in [2.24, 2.45) is 0 Å². The lowest BCUT2D eigenvalue weighted by Crippen LogP contribution is -2.21. The third-order valence-corrected chi connectivity index (χ3v) is 7.22. The van der Waals surface area contributed by atoms with Gasteiger partial charge in [0.2, 0.25) is 0 Å². The molecule has 3 aromatic carbocycles. The van der Waals surface area contributed by atoms with Crippen LogP contribution in [0.25, 0.3) is 27.9 Å². The maximum atomic E-state index is 13.1. The molecule has 4 N–H and O–H groups in total. The highest BCUT2D eigenvalue weighted by atomic mass is 16.4. The number of carbonyl (C=O) groups excluding carboxylic acids is 2. The fraction of sp³-hybridized carbons (Fsp3) is 0.156. The van der Waals surface area contributed by atoms with Crippen LogP contribution < -0.4 is 16.0 Å². The molecule has 0 bridgehead atoms. The molecule has 11 nitrogen and oxygen atoms in total. The Balaban J connectivity index is 1.24. The largest absolute Gasteiger partial charge is 0.463 e. The monoisotopic (exact) mass is 575 g/mol. The normalized spacial score (nSPS) is 12.5. The molecule has 0 saturated carbocycles. The van der Waals surface area contributed by atoms with Gasteiger partial charge in [0.1, 0.15) is 5.82 Å². The number of anilines is 2. The quantitative estimate of drug-likeness (QED) is 0.199. The van der Waals surface area contributed by atoms with Crippen LogP contribution in [0.2, 0.25) is 0 Å².